The van der Waals surface area contributed by atoms with E-state index in [1.54, 1.807) is 6.07 Å². The predicted octanol–water partition coefficient (Wildman–Crippen LogP) is 1.83. The van der Waals surface area contributed by atoms with Crippen molar-refractivity contribution < 1.29 is 21.1 Å². The van der Waals surface area contributed by atoms with Crippen LogP contribution in [-0.4, -0.2) is 0 Å². The molecular formula is C6H7ClN2Pt. The van der Waals surface area contributed by atoms with Crippen LogP contribution in [0.25, 0.3) is 0 Å². The molecule has 0 amide bonds. The third-order valence-electron chi connectivity index (χ3n) is 1.06. The van der Waals surface area contributed by atoms with Gasteiger partial charge in [0.1, 0.15) is 0 Å². The van der Waals surface area contributed by atoms with E-state index in [9.17, 15) is 0 Å². The zero-order chi connectivity index (χ0) is 6.69. The molecule has 0 heterocycles. The number of para-hydroxylation sites is 2. The molecule has 0 fully saturated rings. The zero-order valence-electron chi connectivity index (χ0n) is 5.08. The molecule has 1 rings (SSSR count). The van der Waals surface area contributed by atoms with Crippen molar-refractivity contribution in [3.63, 3.8) is 0 Å². The second-order valence-corrected chi connectivity index (χ2v) is 1.87. The fourth-order valence-electron chi connectivity index (χ4n) is 0.583. The molecule has 0 bridgehead atoms. The Labute approximate surface area is 79.1 Å². The van der Waals surface area contributed by atoms with Gasteiger partial charge in [-0.25, -0.2) is 0 Å². The normalized spacial score (nSPS) is 8.10. The van der Waals surface area contributed by atoms with Gasteiger partial charge >= 0.3 is 0 Å². The van der Waals surface area contributed by atoms with E-state index in [0.717, 1.165) is 5.69 Å². The molecule has 0 aliphatic rings. The topological polar surface area (TPSA) is 38.0 Å². The molecule has 0 radical (unpaired) electrons. The van der Waals surface area contributed by atoms with Gasteiger partial charge < -0.3 is 5.73 Å². The van der Waals surface area contributed by atoms with Gasteiger partial charge in [0.05, 0.1) is 11.4 Å². The van der Waals surface area contributed by atoms with E-state index in [-0.39, 0.29) is 21.1 Å². The van der Waals surface area contributed by atoms with Crippen molar-refractivity contribution in [3.05, 3.63) is 24.3 Å². The number of rotatable bonds is 1. The molecule has 0 aliphatic heterocycles. The summed E-state index contributed by atoms with van der Waals surface area (Å²) in [5.74, 6) is 0. The molecule has 10 heavy (non-hydrogen) atoms. The molecule has 0 aromatic heterocycles. The summed E-state index contributed by atoms with van der Waals surface area (Å²) >= 11 is 5.30. The van der Waals surface area contributed by atoms with Gasteiger partial charge in [0, 0.05) is 32.8 Å². The second kappa shape index (κ2) is 4.59. The van der Waals surface area contributed by atoms with Crippen molar-refractivity contribution in [3.8, 4) is 0 Å². The van der Waals surface area contributed by atoms with E-state index < -0.39 is 0 Å². The Hall–Kier alpha value is -0.202. The Balaban J connectivity index is 0.000000810. The van der Waals surface area contributed by atoms with Gasteiger partial charge in [-0.3, -0.25) is 4.84 Å². The molecule has 3 N–H and O–H groups in total. The monoisotopic (exact) mass is 337 g/mol. The zero-order valence-corrected chi connectivity index (χ0v) is 8.11. The summed E-state index contributed by atoms with van der Waals surface area (Å²) in [5.41, 5.74) is 6.89. The summed E-state index contributed by atoms with van der Waals surface area (Å²) in [7, 11) is 0. The molecule has 4 heteroatoms. The summed E-state index contributed by atoms with van der Waals surface area (Å²) in [6, 6.07) is 7.31. The first-order valence-electron chi connectivity index (χ1n) is 2.56. The van der Waals surface area contributed by atoms with Crippen LogP contribution < -0.4 is 10.6 Å². The SMILES string of the molecule is Nc1ccccc1NCl.[Pt]. The first-order valence-corrected chi connectivity index (χ1v) is 2.93. The number of nitrogen functional groups attached to an aromatic ring is 1. The molecule has 1 aromatic rings. The van der Waals surface area contributed by atoms with Crippen molar-refractivity contribution in [2.75, 3.05) is 10.6 Å². The van der Waals surface area contributed by atoms with E-state index in [2.05, 4.69) is 4.84 Å². The molecular weight excluding hydrogens is 331 g/mol. The minimum Gasteiger partial charge on any atom is -0.397 e. The van der Waals surface area contributed by atoms with Crippen LogP contribution in [0.1, 0.15) is 0 Å². The fourth-order valence-corrected chi connectivity index (χ4v) is 0.755. The summed E-state index contributed by atoms with van der Waals surface area (Å²) < 4.78 is 0. The van der Waals surface area contributed by atoms with Gasteiger partial charge in [0.25, 0.3) is 0 Å². The van der Waals surface area contributed by atoms with Gasteiger partial charge in [-0.05, 0) is 12.1 Å². The fraction of sp³-hybridized carbons (Fsp3) is 0. The average molecular weight is 338 g/mol. The van der Waals surface area contributed by atoms with Crippen molar-refractivity contribution in [2.24, 2.45) is 0 Å². The molecule has 0 aliphatic carbocycles. The minimum atomic E-state index is 0. The molecule has 0 saturated heterocycles. The van der Waals surface area contributed by atoms with Gasteiger partial charge in [-0.1, -0.05) is 12.1 Å². The van der Waals surface area contributed by atoms with Crippen LogP contribution in [0.5, 0.6) is 0 Å². The van der Waals surface area contributed by atoms with Crippen LogP contribution in [0, 0.1) is 0 Å². The summed E-state index contributed by atoms with van der Waals surface area (Å²) in [5, 5.41) is 0. The first-order chi connectivity index (χ1) is 4.34. The summed E-state index contributed by atoms with van der Waals surface area (Å²) in [4.78, 5) is 2.44. The van der Waals surface area contributed by atoms with E-state index in [4.69, 9.17) is 17.5 Å². The smallest absolute Gasteiger partial charge is 0.0721 e. The number of hydrogen-bond donors (Lipinski definition) is 2. The van der Waals surface area contributed by atoms with E-state index in [1.807, 2.05) is 18.2 Å². The van der Waals surface area contributed by atoms with Crippen molar-refractivity contribution in [1.82, 2.24) is 0 Å². The number of benzene rings is 1. The first kappa shape index (κ1) is 9.80. The quantitative estimate of drug-likeness (QED) is 0.606. The van der Waals surface area contributed by atoms with Gasteiger partial charge in [-0.2, -0.15) is 0 Å². The number of nitrogens with two attached hydrogens (primary N) is 1. The number of hydrogen-bond acceptors (Lipinski definition) is 2. The van der Waals surface area contributed by atoms with Crippen molar-refractivity contribution in [2.45, 2.75) is 0 Å². The Bertz CT molecular complexity index is 205. The van der Waals surface area contributed by atoms with Gasteiger partial charge in [-0.15, -0.1) is 0 Å². The van der Waals surface area contributed by atoms with Crippen molar-refractivity contribution >= 4 is 23.2 Å². The maximum Gasteiger partial charge on any atom is 0.0721 e. The number of anilines is 2. The van der Waals surface area contributed by atoms with E-state index in [0.29, 0.717) is 5.69 Å². The van der Waals surface area contributed by atoms with Gasteiger partial charge in [0.2, 0.25) is 0 Å². The van der Waals surface area contributed by atoms with Crippen LogP contribution in [-0.2, 0) is 21.1 Å². The third kappa shape index (κ3) is 2.20. The minimum absolute atomic E-state index is 0. The van der Waals surface area contributed by atoms with Crippen LogP contribution in [0.4, 0.5) is 11.4 Å². The van der Waals surface area contributed by atoms with Crippen LogP contribution in [0.3, 0.4) is 0 Å². The predicted molar refractivity (Wildman–Crippen MR) is 40.3 cm³/mol. The van der Waals surface area contributed by atoms with E-state index >= 15 is 0 Å². The largest absolute Gasteiger partial charge is 0.397 e. The van der Waals surface area contributed by atoms with Crippen molar-refractivity contribution in [1.29, 1.82) is 0 Å². The molecule has 0 unspecified atom stereocenters. The molecule has 58 valence electrons. The maximum absolute atomic E-state index is 5.48. The molecule has 0 saturated carbocycles. The summed E-state index contributed by atoms with van der Waals surface area (Å²) in [6.45, 7) is 0. The standard InChI is InChI=1S/C6H7ClN2.Pt/c7-9-6-4-2-1-3-5(6)8;/h1-4,9H,8H2;. The molecule has 0 spiro atoms. The Kier molecular flexibility index (Phi) is 4.50. The van der Waals surface area contributed by atoms with Gasteiger partial charge in [0.15, 0.2) is 0 Å². The Morgan fingerprint density at radius 1 is 1.30 bits per heavy atom. The third-order valence-corrected chi connectivity index (χ3v) is 1.27. The average Bonchev–Trinajstić information content (AvgIpc) is 1.89. The van der Waals surface area contributed by atoms with Crippen LogP contribution >= 0.6 is 11.8 Å². The second-order valence-electron chi connectivity index (χ2n) is 1.68. The van der Waals surface area contributed by atoms with Crippen LogP contribution in [0.15, 0.2) is 24.3 Å². The molecule has 1 aromatic carbocycles. The van der Waals surface area contributed by atoms with Crippen LogP contribution in [0.2, 0.25) is 0 Å². The maximum atomic E-state index is 5.48. The van der Waals surface area contributed by atoms with E-state index in [1.165, 1.54) is 0 Å². The Morgan fingerprint density at radius 3 is 2.30 bits per heavy atom. The number of nitrogens with one attached hydrogen (secondary N) is 1. The number of halogens is 1. The molecule has 2 nitrogen and oxygen atoms in total. The molecule has 0 atom stereocenters. The summed E-state index contributed by atoms with van der Waals surface area (Å²) in [6.07, 6.45) is 0. The Morgan fingerprint density at radius 2 is 1.90 bits per heavy atom.